The molecule has 0 saturated carbocycles. The molecule has 1 aromatic carbocycles. The number of hydrogen-bond donors (Lipinski definition) is 0. The lowest BCUT2D eigenvalue weighted by atomic mass is 9.75. The van der Waals surface area contributed by atoms with Gasteiger partial charge < -0.3 is 0 Å². The first-order chi connectivity index (χ1) is 10.8. The Morgan fingerprint density at radius 2 is 1.77 bits per heavy atom. The van der Waals surface area contributed by atoms with Crippen LogP contribution in [-0.2, 0) is 18.3 Å². The van der Waals surface area contributed by atoms with Crippen molar-refractivity contribution in [3.05, 3.63) is 89.6 Å². The second-order valence-corrected chi connectivity index (χ2v) is 5.96. The molecule has 1 heterocycles. The molecule has 2 nitrogen and oxygen atoms in total. The summed E-state index contributed by atoms with van der Waals surface area (Å²) in [4.78, 5) is 9.11. The molecule has 2 heteroatoms. The monoisotopic (exact) mass is 286 g/mol. The van der Waals surface area contributed by atoms with E-state index in [1.54, 1.807) is 12.4 Å². The van der Waals surface area contributed by atoms with Crippen LogP contribution in [0.4, 0.5) is 0 Å². The standard InChI is InChI=1S/C20H18N2/c1-3-7-14-15-8-5-6-9-17(15)20(16(14)4-2)12-18-19(13-20)22-11-10-21-18/h3-11H,2,12-13H2,1H3/b7-3-. The van der Waals surface area contributed by atoms with Gasteiger partial charge in [0.1, 0.15) is 0 Å². The molecule has 0 bridgehead atoms. The van der Waals surface area contributed by atoms with Gasteiger partial charge in [0.2, 0.25) is 0 Å². The Bertz CT molecular complexity index is 802. The molecule has 0 atom stereocenters. The van der Waals surface area contributed by atoms with Crippen LogP contribution >= 0.6 is 0 Å². The summed E-state index contributed by atoms with van der Waals surface area (Å²) < 4.78 is 0. The first kappa shape index (κ1) is 13.2. The third-order valence-electron chi connectivity index (χ3n) is 4.87. The molecule has 1 aromatic heterocycles. The molecule has 0 fully saturated rings. The van der Waals surface area contributed by atoms with Crippen LogP contribution in [0.5, 0.6) is 0 Å². The smallest absolute Gasteiger partial charge is 0.0631 e. The maximum absolute atomic E-state index is 4.55. The molecule has 0 unspecified atom stereocenters. The van der Waals surface area contributed by atoms with Crippen molar-refractivity contribution in [2.75, 3.05) is 0 Å². The lowest BCUT2D eigenvalue weighted by molar-refractivity contribution is 0.553. The van der Waals surface area contributed by atoms with Gasteiger partial charge in [0.15, 0.2) is 0 Å². The van der Waals surface area contributed by atoms with Gasteiger partial charge in [-0.1, -0.05) is 49.1 Å². The molecule has 2 aliphatic rings. The van der Waals surface area contributed by atoms with Crippen LogP contribution in [-0.4, -0.2) is 9.97 Å². The Balaban J connectivity index is 1.99. The fourth-order valence-electron chi connectivity index (χ4n) is 4.04. The SMILES string of the molecule is C=CC1=C(/C=C\C)c2ccccc2C12Cc1nccnc1C2. The summed E-state index contributed by atoms with van der Waals surface area (Å²) in [6.45, 7) is 6.17. The lowest BCUT2D eigenvalue weighted by Crippen LogP contribution is -2.26. The molecule has 22 heavy (non-hydrogen) atoms. The van der Waals surface area contributed by atoms with E-state index in [4.69, 9.17) is 0 Å². The van der Waals surface area contributed by atoms with Gasteiger partial charge in [-0.25, -0.2) is 0 Å². The number of aromatic nitrogens is 2. The average molecular weight is 286 g/mol. The van der Waals surface area contributed by atoms with Gasteiger partial charge in [0.25, 0.3) is 0 Å². The topological polar surface area (TPSA) is 25.8 Å². The van der Waals surface area contributed by atoms with E-state index >= 15 is 0 Å². The molecule has 2 aliphatic carbocycles. The van der Waals surface area contributed by atoms with Crippen molar-refractivity contribution >= 4 is 5.57 Å². The number of nitrogens with zero attached hydrogens (tertiary/aromatic N) is 2. The van der Waals surface area contributed by atoms with E-state index in [1.807, 2.05) is 6.08 Å². The second-order valence-electron chi connectivity index (χ2n) is 5.96. The summed E-state index contributed by atoms with van der Waals surface area (Å²) in [5.41, 5.74) is 7.52. The molecule has 0 saturated heterocycles. The lowest BCUT2D eigenvalue weighted by Gasteiger charge is -2.27. The summed E-state index contributed by atoms with van der Waals surface area (Å²) in [6.07, 6.45) is 11.7. The zero-order chi connectivity index (χ0) is 15.2. The van der Waals surface area contributed by atoms with Crippen molar-refractivity contribution in [2.45, 2.75) is 25.2 Å². The van der Waals surface area contributed by atoms with Crippen LogP contribution < -0.4 is 0 Å². The number of fused-ring (bicyclic) bond motifs is 3. The third kappa shape index (κ3) is 1.61. The highest BCUT2D eigenvalue weighted by molar-refractivity contribution is 5.88. The van der Waals surface area contributed by atoms with Crippen LogP contribution in [0.1, 0.15) is 29.4 Å². The van der Waals surface area contributed by atoms with E-state index in [2.05, 4.69) is 59.9 Å². The number of allylic oxidation sites excluding steroid dienone is 5. The molecular formula is C20H18N2. The number of hydrogen-bond acceptors (Lipinski definition) is 2. The highest BCUT2D eigenvalue weighted by Crippen LogP contribution is 2.53. The molecule has 2 aromatic rings. The van der Waals surface area contributed by atoms with Gasteiger partial charge in [-0.05, 0) is 29.2 Å². The molecule has 108 valence electrons. The largest absolute Gasteiger partial charge is 0.258 e. The minimum absolute atomic E-state index is 0.0448. The summed E-state index contributed by atoms with van der Waals surface area (Å²) >= 11 is 0. The zero-order valence-corrected chi connectivity index (χ0v) is 12.7. The van der Waals surface area contributed by atoms with E-state index in [0.717, 1.165) is 24.2 Å². The predicted octanol–water partition coefficient (Wildman–Crippen LogP) is 4.04. The van der Waals surface area contributed by atoms with E-state index in [0.29, 0.717) is 0 Å². The number of benzene rings is 1. The molecule has 0 aliphatic heterocycles. The fraction of sp³-hybridized carbons (Fsp3) is 0.200. The van der Waals surface area contributed by atoms with Crippen LogP contribution in [0.2, 0.25) is 0 Å². The van der Waals surface area contributed by atoms with E-state index < -0.39 is 0 Å². The number of rotatable bonds is 2. The maximum Gasteiger partial charge on any atom is 0.0631 e. The Labute approximate surface area is 130 Å². The van der Waals surface area contributed by atoms with Crippen molar-refractivity contribution < 1.29 is 0 Å². The molecule has 0 amide bonds. The molecular weight excluding hydrogens is 268 g/mol. The summed E-state index contributed by atoms with van der Waals surface area (Å²) in [5, 5.41) is 0. The molecule has 0 N–H and O–H groups in total. The highest BCUT2D eigenvalue weighted by atomic mass is 14.8. The summed E-state index contributed by atoms with van der Waals surface area (Å²) in [6, 6.07) is 8.71. The molecule has 1 spiro atoms. The quantitative estimate of drug-likeness (QED) is 0.832. The molecule has 0 radical (unpaired) electrons. The van der Waals surface area contributed by atoms with Crippen LogP contribution in [0.15, 0.2) is 67.0 Å². The second kappa shape index (κ2) is 4.77. The van der Waals surface area contributed by atoms with Crippen molar-refractivity contribution in [1.82, 2.24) is 9.97 Å². The minimum Gasteiger partial charge on any atom is -0.258 e. The predicted molar refractivity (Wildman–Crippen MR) is 89.5 cm³/mol. The Morgan fingerprint density at radius 1 is 1.09 bits per heavy atom. The maximum atomic E-state index is 4.55. The van der Waals surface area contributed by atoms with Crippen LogP contribution in [0.3, 0.4) is 0 Å². The van der Waals surface area contributed by atoms with Crippen LogP contribution in [0, 0.1) is 0 Å². The van der Waals surface area contributed by atoms with Gasteiger partial charge in [-0.2, -0.15) is 0 Å². The molecule has 4 rings (SSSR count). The van der Waals surface area contributed by atoms with Gasteiger partial charge >= 0.3 is 0 Å². The summed E-state index contributed by atoms with van der Waals surface area (Å²) in [7, 11) is 0. The van der Waals surface area contributed by atoms with Crippen LogP contribution in [0.25, 0.3) is 5.57 Å². The zero-order valence-electron chi connectivity index (χ0n) is 12.7. The fourth-order valence-corrected chi connectivity index (χ4v) is 4.04. The van der Waals surface area contributed by atoms with Gasteiger partial charge in [0, 0.05) is 30.7 Å². The van der Waals surface area contributed by atoms with Gasteiger partial charge in [-0.15, -0.1) is 0 Å². The first-order valence-corrected chi connectivity index (χ1v) is 7.68. The normalized spacial score (nSPS) is 18.0. The van der Waals surface area contributed by atoms with E-state index in [1.165, 1.54) is 22.3 Å². The van der Waals surface area contributed by atoms with Gasteiger partial charge in [0.05, 0.1) is 11.4 Å². The average Bonchev–Trinajstić information content (AvgIpc) is 3.05. The van der Waals surface area contributed by atoms with E-state index in [9.17, 15) is 0 Å². The van der Waals surface area contributed by atoms with Crippen molar-refractivity contribution in [3.8, 4) is 0 Å². The van der Waals surface area contributed by atoms with Gasteiger partial charge in [-0.3, -0.25) is 9.97 Å². The van der Waals surface area contributed by atoms with Crippen molar-refractivity contribution in [1.29, 1.82) is 0 Å². The Morgan fingerprint density at radius 3 is 2.41 bits per heavy atom. The first-order valence-electron chi connectivity index (χ1n) is 7.68. The van der Waals surface area contributed by atoms with Crippen molar-refractivity contribution in [3.63, 3.8) is 0 Å². The summed E-state index contributed by atoms with van der Waals surface area (Å²) in [5.74, 6) is 0. The Kier molecular flexibility index (Phi) is 2.86. The Hall–Kier alpha value is -2.48. The highest BCUT2D eigenvalue weighted by Gasteiger charge is 2.48. The minimum atomic E-state index is -0.0448. The van der Waals surface area contributed by atoms with E-state index in [-0.39, 0.29) is 5.41 Å². The van der Waals surface area contributed by atoms with Crippen molar-refractivity contribution in [2.24, 2.45) is 0 Å². The third-order valence-corrected chi connectivity index (χ3v) is 4.87.